The van der Waals surface area contributed by atoms with E-state index in [9.17, 15) is 18.8 Å². The van der Waals surface area contributed by atoms with E-state index in [0.717, 1.165) is 11.3 Å². The fraction of sp³-hybridized carbons (Fsp3) is 0.323. The summed E-state index contributed by atoms with van der Waals surface area (Å²) in [6.45, 7) is 6.21. The SMILES string of the molecule is CC(C)C(=O)Nc1ccc(N2CCCN(C(=O)c3cccc(F)c3)CC2)c(C(=O)N(C)Cc2ccccc2)c1. The lowest BCUT2D eigenvalue weighted by molar-refractivity contribution is -0.118. The molecule has 0 spiro atoms. The Hall–Kier alpha value is -4.20. The highest BCUT2D eigenvalue weighted by atomic mass is 19.1. The van der Waals surface area contributed by atoms with Gasteiger partial charge in [-0.25, -0.2) is 4.39 Å². The van der Waals surface area contributed by atoms with Crippen molar-refractivity contribution in [1.82, 2.24) is 9.80 Å². The van der Waals surface area contributed by atoms with Gasteiger partial charge in [-0.05, 0) is 48.4 Å². The van der Waals surface area contributed by atoms with Crippen LogP contribution in [0.1, 0.15) is 46.5 Å². The zero-order chi connectivity index (χ0) is 27.9. The van der Waals surface area contributed by atoms with Crippen LogP contribution in [0.5, 0.6) is 0 Å². The van der Waals surface area contributed by atoms with Crippen LogP contribution in [0.3, 0.4) is 0 Å². The molecule has 1 fully saturated rings. The van der Waals surface area contributed by atoms with Crippen molar-refractivity contribution in [1.29, 1.82) is 0 Å². The molecule has 3 aromatic rings. The molecule has 0 atom stereocenters. The number of nitrogens with one attached hydrogen (secondary N) is 1. The lowest BCUT2D eigenvalue weighted by atomic mass is 10.1. The van der Waals surface area contributed by atoms with Crippen LogP contribution in [-0.4, -0.2) is 60.7 Å². The van der Waals surface area contributed by atoms with E-state index in [1.807, 2.05) is 56.3 Å². The normalized spacial score (nSPS) is 13.7. The molecule has 3 aromatic carbocycles. The zero-order valence-electron chi connectivity index (χ0n) is 22.7. The van der Waals surface area contributed by atoms with Crippen LogP contribution < -0.4 is 10.2 Å². The zero-order valence-corrected chi connectivity index (χ0v) is 22.7. The minimum Gasteiger partial charge on any atom is -0.369 e. The number of carbonyl (C=O) groups excluding carboxylic acids is 3. The number of carbonyl (C=O) groups is 3. The Balaban J connectivity index is 1.58. The summed E-state index contributed by atoms with van der Waals surface area (Å²) in [4.78, 5) is 44.6. The summed E-state index contributed by atoms with van der Waals surface area (Å²) in [6, 6.07) is 20.9. The molecule has 1 saturated heterocycles. The minimum atomic E-state index is -0.440. The van der Waals surface area contributed by atoms with E-state index in [4.69, 9.17) is 0 Å². The molecule has 3 amide bonds. The first kappa shape index (κ1) is 27.8. The standard InChI is InChI=1S/C31H35FN4O3/c1-22(2)29(37)33-26-13-14-28(27(20-26)31(39)34(3)21-23-9-5-4-6-10-23)35-15-8-16-36(18-17-35)30(38)24-11-7-12-25(32)19-24/h4-7,9-14,19-20,22H,8,15-18,21H2,1-3H3,(H,33,37). The average molecular weight is 531 g/mol. The lowest BCUT2D eigenvalue weighted by Crippen LogP contribution is -2.36. The molecule has 7 nitrogen and oxygen atoms in total. The van der Waals surface area contributed by atoms with E-state index in [-0.39, 0.29) is 23.6 Å². The first-order valence-electron chi connectivity index (χ1n) is 13.3. The third-order valence-corrected chi connectivity index (χ3v) is 6.82. The van der Waals surface area contributed by atoms with Crippen LogP contribution in [0.2, 0.25) is 0 Å². The summed E-state index contributed by atoms with van der Waals surface area (Å²) in [7, 11) is 1.76. The number of amides is 3. The van der Waals surface area contributed by atoms with Crippen molar-refractivity contribution in [2.75, 3.05) is 43.4 Å². The van der Waals surface area contributed by atoms with Crippen molar-refractivity contribution in [3.05, 3.63) is 95.3 Å². The molecule has 8 heteroatoms. The highest BCUT2D eigenvalue weighted by Crippen LogP contribution is 2.28. The highest BCUT2D eigenvalue weighted by molar-refractivity contribution is 6.02. The summed E-state index contributed by atoms with van der Waals surface area (Å²) < 4.78 is 13.7. The first-order chi connectivity index (χ1) is 18.7. The maximum Gasteiger partial charge on any atom is 0.256 e. The maximum atomic E-state index is 13.7. The van der Waals surface area contributed by atoms with E-state index >= 15 is 0 Å². The molecule has 0 bridgehead atoms. The second kappa shape index (κ2) is 12.6. The van der Waals surface area contributed by atoms with Crippen LogP contribution >= 0.6 is 0 Å². The van der Waals surface area contributed by atoms with Gasteiger partial charge in [0.1, 0.15) is 5.82 Å². The summed E-state index contributed by atoms with van der Waals surface area (Å²) in [5.74, 6) is -1.13. The monoisotopic (exact) mass is 530 g/mol. The molecule has 0 aliphatic carbocycles. The third kappa shape index (κ3) is 7.02. The Morgan fingerprint density at radius 1 is 0.923 bits per heavy atom. The summed E-state index contributed by atoms with van der Waals surface area (Å²) in [5, 5.41) is 2.90. The molecular weight excluding hydrogens is 495 g/mol. The van der Waals surface area contributed by atoms with Gasteiger partial charge >= 0.3 is 0 Å². The van der Waals surface area contributed by atoms with Crippen LogP contribution in [0, 0.1) is 11.7 Å². The van der Waals surface area contributed by atoms with E-state index < -0.39 is 5.82 Å². The van der Waals surface area contributed by atoms with E-state index in [2.05, 4.69) is 10.2 Å². The van der Waals surface area contributed by atoms with Crippen LogP contribution in [0.15, 0.2) is 72.8 Å². The number of hydrogen-bond donors (Lipinski definition) is 1. The molecule has 1 aliphatic heterocycles. The second-order valence-electron chi connectivity index (χ2n) is 10.2. The molecule has 204 valence electrons. The van der Waals surface area contributed by atoms with Crippen LogP contribution in [-0.2, 0) is 11.3 Å². The topological polar surface area (TPSA) is 73.0 Å². The smallest absolute Gasteiger partial charge is 0.256 e. The number of nitrogens with zero attached hydrogens (tertiary/aromatic N) is 3. The predicted molar refractivity (Wildman–Crippen MR) is 151 cm³/mol. The van der Waals surface area contributed by atoms with Crippen molar-refractivity contribution in [3.8, 4) is 0 Å². The van der Waals surface area contributed by atoms with Gasteiger partial charge < -0.3 is 20.0 Å². The molecule has 1 aliphatic rings. The van der Waals surface area contributed by atoms with Crippen molar-refractivity contribution in [2.24, 2.45) is 5.92 Å². The Kier molecular flexibility index (Phi) is 8.96. The summed E-state index contributed by atoms with van der Waals surface area (Å²) in [6.07, 6.45) is 0.695. The van der Waals surface area contributed by atoms with Crippen molar-refractivity contribution in [3.63, 3.8) is 0 Å². The Labute approximate surface area is 229 Å². The van der Waals surface area contributed by atoms with Gasteiger partial charge in [-0.3, -0.25) is 14.4 Å². The van der Waals surface area contributed by atoms with Crippen molar-refractivity contribution >= 4 is 29.1 Å². The molecule has 39 heavy (non-hydrogen) atoms. The maximum absolute atomic E-state index is 13.7. The fourth-order valence-electron chi connectivity index (χ4n) is 4.65. The largest absolute Gasteiger partial charge is 0.369 e. The molecule has 0 aromatic heterocycles. The number of rotatable bonds is 7. The summed E-state index contributed by atoms with van der Waals surface area (Å²) >= 11 is 0. The Morgan fingerprint density at radius 2 is 1.69 bits per heavy atom. The van der Waals surface area contributed by atoms with Gasteiger partial charge in [0.2, 0.25) is 5.91 Å². The van der Waals surface area contributed by atoms with Crippen molar-refractivity contribution in [2.45, 2.75) is 26.8 Å². The van der Waals surface area contributed by atoms with E-state index in [1.54, 1.807) is 29.0 Å². The average Bonchev–Trinajstić information content (AvgIpc) is 3.19. The van der Waals surface area contributed by atoms with E-state index in [0.29, 0.717) is 56.0 Å². The van der Waals surface area contributed by atoms with Crippen molar-refractivity contribution < 1.29 is 18.8 Å². The predicted octanol–water partition coefficient (Wildman–Crippen LogP) is 5.04. The Bertz CT molecular complexity index is 1330. The van der Waals surface area contributed by atoms with Gasteiger partial charge in [-0.1, -0.05) is 50.2 Å². The lowest BCUT2D eigenvalue weighted by Gasteiger charge is -2.28. The molecular formula is C31H35FN4O3. The Morgan fingerprint density at radius 3 is 2.41 bits per heavy atom. The van der Waals surface area contributed by atoms with Crippen LogP contribution in [0.25, 0.3) is 0 Å². The van der Waals surface area contributed by atoms with Gasteiger partial charge in [0.15, 0.2) is 0 Å². The molecule has 1 heterocycles. The molecule has 0 unspecified atom stereocenters. The molecule has 0 radical (unpaired) electrons. The van der Waals surface area contributed by atoms with Gasteiger partial charge in [0.05, 0.1) is 5.56 Å². The number of hydrogen-bond acceptors (Lipinski definition) is 4. The fourth-order valence-corrected chi connectivity index (χ4v) is 4.65. The molecule has 0 saturated carbocycles. The number of benzene rings is 3. The molecule has 4 rings (SSSR count). The van der Waals surface area contributed by atoms with Gasteiger partial charge in [-0.15, -0.1) is 0 Å². The van der Waals surface area contributed by atoms with Gasteiger partial charge in [0.25, 0.3) is 11.8 Å². The summed E-state index contributed by atoms with van der Waals surface area (Å²) in [5.41, 5.74) is 3.14. The van der Waals surface area contributed by atoms with Gasteiger partial charge in [-0.2, -0.15) is 0 Å². The third-order valence-electron chi connectivity index (χ3n) is 6.82. The quantitative estimate of drug-likeness (QED) is 0.464. The van der Waals surface area contributed by atoms with E-state index in [1.165, 1.54) is 18.2 Å². The van der Waals surface area contributed by atoms with Crippen LogP contribution in [0.4, 0.5) is 15.8 Å². The number of halogens is 1. The minimum absolute atomic E-state index is 0.125. The first-order valence-corrected chi connectivity index (χ1v) is 13.3. The highest BCUT2D eigenvalue weighted by Gasteiger charge is 2.25. The second-order valence-corrected chi connectivity index (χ2v) is 10.2. The molecule has 1 N–H and O–H groups in total. The van der Waals surface area contributed by atoms with Gasteiger partial charge in [0, 0.05) is 62.6 Å². The number of anilines is 2.